The number of methoxy groups -OCH3 is 1. The zero-order chi connectivity index (χ0) is 20.3. The lowest BCUT2D eigenvalue weighted by molar-refractivity contribution is -0.150. The number of azide groups is 1. The summed E-state index contributed by atoms with van der Waals surface area (Å²) in [4.78, 5) is 28.0. The van der Waals surface area contributed by atoms with E-state index in [1.54, 1.807) is 0 Å². The number of ether oxygens (including phenoxy) is 2. The minimum Gasteiger partial charge on any atom is -0.465 e. The van der Waals surface area contributed by atoms with Gasteiger partial charge in [-0.2, -0.15) is 26.3 Å². The highest BCUT2D eigenvalue weighted by atomic mass is 19.4. The lowest BCUT2D eigenvalue weighted by atomic mass is 10.0. The lowest BCUT2D eigenvalue weighted by Crippen LogP contribution is -2.25. The van der Waals surface area contributed by atoms with Gasteiger partial charge in [0.1, 0.15) is 11.1 Å². The van der Waals surface area contributed by atoms with Crippen LogP contribution in [0.1, 0.15) is 39.0 Å². The predicted molar refractivity (Wildman–Crippen MR) is 70.3 cm³/mol. The first-order valence-corrected chi connectivity index (χ1v) is 6.43. The highest BCUT2D eigenvalue weighted by Crippen LogP contribution is 2.43. The Kier molecular flexibility index (Phi) is 6.04. The van der Waals surface area contributed by atoms with Crippen LogP contribution in [0.25, 0.3) is 10.4 Å². The van der Waals surface area contributed by atoms with Gasteiger partial charge in [-0.25, -0.2) is 14.6 Å². The van der Waals surface area contributed by atoms with Gasteiger partial charge >= 0.3 is 24.3 Å². The fourth-order valence-electron chi connectivity index (χ4n) is 1.82. The van der Waals surface area contributed by atoms with Crippen molar-refractivity contribution in [2.45, 2.75) is 19.3 Å². The Bertz CT molecular complexity index is 783. The lowest BCUT2D eigenvalue weighted by Gasteiger charge is -2.19. The van der Waals surface area contributed by atoms with Crippen LogP contribution in [0.15, 0.2) is 5.11 Å². The summed E-state index contributed by atoms with van der Waals surface area (Å²) in [5.74, 6) is -3.60. The molecule has 0 N–H and O–H groups in total. The molecule has 0 saturated carbocycles. The quantitative estimate of drug-likeness (QED) is 0.255. The molecule has 0 aromatic carbocycles. The minimum atomic E-state index is -5.56. The Balaban J connectivity index is 4.19. The van der Waals surface area contributed by atoms with E-state index in [2.05, 4.69) is 24.5 Å². The molecule has 0 amide bonds. The van der Waals surface area contributed by atoms with Gasteiger partial charge in [0.25, 0.3) is 0 Å². The Morgan fingerprint density at radius 1 is 1.08 bits per heavy atom. The maximum Gasteiger partial charge on any atom is 0.434 e. The molecule has 1 heterocycles. The van der Waals surface area contributed by atoms with E-state index in [4.69, 9.17) is 5.53 Å². The molecule has 0 aliphatic rings. The normalized spacial score (nSPS) is 11.5. The van der Waals surface area contributed by atoms with Crippen LogP contribution in [0.3, 0.4) is 0 Å². The summed E-state index contributed by atoms with van der Waals surface area (Å²) in [6.07, 6.45) is -11.1. The van der Waals surface area contributed by atoms with E-state index in [0.717, 1.165) is 0 Å². The summed E-state index contributed by atoms with van der Waals surface area (Å²) in [5.41, 5.74) is -0.981. The summed E-state index contributed by atoms with van der Waals surface area (Å²) in [7, 11) is 0.629. The van der Waals surface area contributed by atoms with E-state index >= 15 is 0 Å². The molecular formula is C12H8F6N4O4. The molecule has 0 bridgehead atoms. The van der Waals surface area contributed by atoms with Crippen LogP contribution in [0.2, 0.25) is 0 Å². The number of alkyl halides is 6. The Morgan fingerprint density at radius 2 is 1.54 bits per heavy atom. The fourth-order valence-corrected chi connectivity index (χ4v) is 1.82. The third-order valence-corrected chi connectivity index (χ3v) is 2.72. The van der Waals surface area contributed by atoms with E-state index < -0.39 is 59.1 Å². The number of pyridine rings is 1. The van der Waals surface area contributed by atoms with Crippen LogP contribution >= 0.6 is 0 Å². The average molecular weight is 386 g/mol. The van der Waals surface area contributed by atoms with E-state index in [1.165, 1.54) is 6.92 Å². The molecule has 0 atom stereocenters. The second kappa shape index (κ2) is 7.47. The predicted octanol–water partition coefficient (Wildman–Crippen LogP) is 4.02. The Labute approximate surface area is 140 Å². The number of halogens is 6. The van der Waals surface area contributed by atoms with E-state index in [0.29, 0.717) is 7.11 Å². The molecule has 142 valence electrons. The van der Waals surface area contributed by atoms with Gasteiger partial charge in [-0.15, -0.1) is 0 Å². The average Bonchev–Trinajstić information content (AvgIpc) is 2.51. The van der Waals surface area contributed by atoms with Crippen molar-refractivity contribution in [1.29, 1.82) is 0 Å². The second-order valence-corrected chi connectivity index (χ2v) is 4.30. The molecule has 0 unspecified atom stereocenters. The summed E-state index contributed by atoms with van der Waals surface area (Å²) in [6, 6.07) is 0. The van der Waals surface area contributed by atoms with Crippen molar-refractivity contribution in [1.82, 2.24) is 4.98 Å². The summed E-state index contributed by atoms with van der Waals surface area (Å²) < 4.78 is 87.3. The number of aromatic nitrogens is 1. The molecule has 0 spiro atoms. The Hall–Kier alpha value is -3.02. The summed E-state index contributed by atoms with van der Waals surface area (Å²) in [6.45, 7) is 0.748. The molecular weight excluding hydrogens is 378 g/mol. The molecule has 0 aliphatic carbocycles. The molecule has 1 aromatic rings. The third-order valence-electron chi connectivity index (χ3n) is 2.72. The second-order valence-electron chi connectivity index (χ2n) is 4.30. The number of nitrogens with zero attached hydrogens (tertiary/aromatic N) is 4. The molecule has 26 heavy (non-hydrogen) atoms. The number of carbonyl (C=O) groups excluding carboxylic acids is 2. The summed E-state index contributed by atoms with van der Waals surface area (Å²) in [5, 5.41) is 2.67. The van der Waals surface area contributed by atoms with Gasteiger partial charge in [0.15, 0.2) is 11.4 Å². The molecule has 0 saturated heterocycles. The molecule has 0 fully saturated rings. The number of hydrogen-bond acceptors (Lipinski definition) is 6. The fraction of sp³-hybridized carbons (Fsp3) is 0.417. The summed E-state index contributed by atoms with van der Waals surface area (Å²) >= 11 is 0. The van der Waals surface area contributed by atoms with Gasteiger partial charge in [0.2, 0.25) is 0 Å². The van der Waals surface area contributed by atoms with Gasteiger partial charge < -0.3 is 9.47 Å². The van der Waals surface area contributed by atoms with Crippen LogP contribution in [-0.2, 0) is 21.8 Å². The van der Waals surface area contributed by atoms with Crippen molar-refractivity contribution in [3.63, 3.8) is 0 Å². The molecule has 1 aromatic heterocycles. The van der Waals surface area contributed by atoms with Crippen molar-refractivity contribution in [2.24, 2.45) is 5.11 Å². The number of carbonyl (C=O) groups is 2. The number of hydrogen-bond donors (Lipinski definition) is 0. The smallest absolute Gasteiger partial charge is 0.434 e. The van der Waals surface area contributed by atoms with Crippen LogP contribution in [0.4, 0.5) is 32.0 Å². The first-order valence-electron chi connectivity index (χ1n) is 6.43. The maximum atomic E-state index is 13.2. The first-order chi connectivity index (χ1) is 11.9. The highest BCUT2D eigenvalue weighted by molar-refractivity contribution is 6.05. The van der Waals surface area contributed by atoms with Crippen LogP contribution in [0, 0.1) is 0 Å². The van der Waals surface area contributed by atoms with Crippen molar-refractivity contribution in [3.05, 3.63) is 33.0 Å². The number of rotatable bonds is 4. The topological polar surface area (TPSA) is 114 Å². The van der Waals surface area contributed by atoms with Gasteiger partial charge in [-0.3, -0.25) is 0 Å². The SMILES string of the molecule is CCOC(=O)c1c(C(F)(F)F)nc(C(F)(F)F)c(C(=O)OC)c1N=[N+]=[N-]. The van der Waals surface area contributed by atoms with E-state index in [9.17, 15) is 35.9 Å². The zero-order valence-electron chi connectivity index (χ0n) is 12.9. The highest BCUT2D eigenvalue weighted by Gasteiger charge is 2.47. The standard InChI is InChI=1S/C12H8F6N4O4/c1-3-26-10(24)5-6(21-22-19)4(9(23)25-2)7(11(13,14)15)20-8(5)12(16,17)18/h3H2,1-2H3. The minimum absolute atomic E-state index is 0.458. The van der Waals surface area contributed by atoms with E-state index in [-0.39, 0.29) is 0 Å². The molecule has 0 aliphatic heterocycles. The van der Waals surface area contributed by atoms with Crippen LogP contribution < -0.4 is 0 Å². The largest absolute Gasteiger partial charge is 0.465 e. The van der Waals surface area contributed by atoms with Gasteiger partial charge in [0, 0.05) is 4.91 Å². The van der Waals surface area contributed by atoms with Crippen LogP contribution in [-0.4, -0.2) is 30.6 Å². The maximum absolute atomic E-state index is 13.2. The van der Waals surface area contributed by atoms with Crippen molar-refractivity contribution < 1.29 is 45.4 Å². The van der Waals surface area contributed by atoms with Crippen molar-refractivity contribution in [3.8, 4) is 0 Å². The molecule has 1 rings (SSSR count). The third kappa shape index (κ3) is 4.14. The molecule has 8 nitrogen and oxygen atoms in total. The van der Waals surface area contributed by atoms with Crippen LogP contribution in [0.5, 0.6) is 0 Å². The van der Waals surface area contributed by atoms with E-state index in [1.807, 2.05) is 0 Å². The first kappa shape index (κ1) is 21.0. The van der Waals surface area contributed by atoms with Crippen molar-refractivity contribution in [2.75, 3.05) is 13.7 Å². The van der Waals surface area contributed by atoms with Crippen molar-refractivity contribution >= 4 is 17.6 Å². The monoisotopic (exact) mass is 386 g/mol. The van der Waals surface area contributed by atoms with Gasteiger partial charge in [-0.05, 0) is 12.5 Å². The molecule has 0 radical (unpaired) electrons. The number of esters is 2. The van der Waals surface area contributed by atoms with Gasteiger partial charge in [-0.1, -0.05) is 5.11 Å². The van der Waals surface area contributed by atoms with Gasteiger partial charge in [0.05, 0.1) is 19.4 Å². The zero-order valence-corrected chi connectivity index (χ0v) is 12.9. The molecule has 14 heteroatoms. The Morgan fingerprint density at radius 3 is 1.88 bits per heavy atom.